The van der Waals surface area contributed by atoms with Gasteiger partial charge < -0.3 is 0 Å². The maximum Gasteiger partial charge on any atom is 0.282 e. The van der Waals surface area contributed by atoms with E-state index in [0.717, 1.165) is 6.42 Å². The standard InChI is InChI=1S/C17H21F2N3O2S/c1-9-5-6-14(25-9)12-7-11(12)10(2)22(24-4)17(23)13-8-21(3)20-15(13)16(18)19/h5-6,8,10-12,16H,7H2,1-4H3. The molecule has 0 bridgehead atoms. The van der Waals surface area contributed by atoms with Gasteiger partial charge in [0.1, 0.15) is 5.69 Å². The summed E-state index contributed by atoms with van der Waals surface area (Å²) in [5.41, 5.74) is -0.627. The average Bonchev–Trinajstić information content (AvgIpc) is 3.08. The van der Waals surface area contributed by atoms with Gasteiger partial charge in [0, 0.05) is 23.0 Å². The first-order chi connectivity index (χ1) is 11.8. The summed E-state index contributed by atoms with van der Waals surface area (Å²) in [4.78, 5) is 20.6. The number of carbonyl (C=O) groups excluding carboxylic acids is 1. The number of nitrogens with zero attached hydrogens (tertiary/aromatic N) is 3. The Bertz CT molecular complexity index is 774. The van der Waals surface area contributed by atoms with Crippen LogP contribution in [0.25, 0.3) is 0 Å². The molecule has 8 heteroatoms. The Labute approximate surface area is 149 Å². The van der Waals surface area contributed by atoms with E-state index in [1.165, 1.54) is 39.9 Å². The molecule has 2 heterocycles. The number of rotatable bonds is 6. The van der Waals surface area contributed by atoms with Crippen LogP contribution >= 0.6 is 11.3 Å². The van der Waals surface area contributed by atoms with E-state index in [9.17, 15) is 13.6 Å². The highest BCUT2D eigenvalue weighted by Gasteiger charge is 2.46. The van der Waals surface area contributed by atoms with Crippen LogP contribution in [0.3, 0.4) is 0 Å². The minimum atomic E-state index is -2.81. The highest BCUT2D eigenvalue weighted by Crippen LogP contribution is 2.52. The van der Waals surface area contributed by atoms with Gasteiger partial charge in [0.25, 0.3) is 12.3 Å². The molecule has 3 unspecified atom stereocenters. The molecule has 1 saturated carbocycles. The Kier molecular flexibility index (Phi) is 4.92. The van der Waals surface area contributed by atoms with Crippen LogP contribution in [0.4, 0.5) is 8.78 Å². The second-order valence-corrected chi connectivity index (χ2v) is 7.73. The van der Waals surface area contributed by atoms with Crippen molar-refractivity contribution in [2.24, 2.45) is 13.0 Å². The molecule has 1 aliphatic carbocycles. The molecule has 136 valence electrons. The summed E-state index contributed by atoms with van der Waals surface area (Å²) in [5.74, 6) is 0.0719. The van der Waals surface area contributed by atoms with E-state index in [1.54, 1.807) is 11.3 Å². The molecule has 1 amide bonds. The molecule has 1 aliphatic rings. The van der Waals surface area contributed by atoms with Crippen LogP contribution in [-0.2, 0) is 11.9 Å². The molecular formula is C17H21F2N3O2S. The third-order valence-electron chi connectivity index (χ3n) is 4.65. The summed E-state index contributed by atoms with van der Waals surface area (Å²) in [5, 5.41) is 4.90. The van der Waals surface area contributed by atoms with Crippen LogP contribution in [0.15, 0.2) is 18.3 Å². The molecular weight excluding hydrogens is 348 g/mol. The largest absolute Gasteiger partial charge is 0.282 e. The van der Waals surface area contributed by atoms with Gasteiger partial charge in [0.15, 0.2) is 0 Å². The van der Waals surface area contributed by atoms with Crippen LogP contribution in [0.1, 0.15) is 51.5 Å². The average molecular weight is 369 g/mol. The van der Waals surface area contributed by atoms with Crippen molar-refractivity contribution in [2.45, 2.75) is 38.7 Å². The highest BCUT2D eigenvalue weighted by atomic mass is 32.1. The number of aryl methyl sites for hydroxylation is 2. The molecule has 0 saturated heterocycles. The van der Waals surface area contributed by atoms with Crippen molar-refractivity contribution in [1.29, 1.82) is 0 Å². The normalized spacial score (nSPS) is 20.8. The zero-order valence-electron chi connectivity index (χ0n) is 14.6. The fraction of sp³-hybridized carbons (Fsp3) is 0.529. The van der Waals surface area contributed by atoms with E-state index in [-0.39, 0.29) is 17.5 Å². The number of amides is 1. The van der Waals surface area contributed by atoms with Gasteiger partial charge in [0.2, 0.25) is 0 Å². The molecule has 0 N–H and O–H groups in total. The van der Waals surface area contributed by atoms with Crippen molar-refractivity contribution >= 4 is 17.2 Å². The Morgan fingerprint density at radius 2 is 2.20 bits per heavy atom. The smallest absolute Gasteiger partial charge is 0.275 e. The minimum absolute atomic E-state index is 0.115. The van der Waals surface area contributed by atoms with Crippen molar-refractivity contribution in [3.8, 4) is 0 Å². The molecule has 25 heavy (non-hydrogen) atoms. The van der Waals surface area contributed by atoms with Crippen molar-refractivity contribution < 1.29 is 18.4 Å². The fourth-order valence-electron chi connectivity index (χ4n) is 3.29. The lowest BCUT2D eigenvalue weighted by atomic mass is 10.1. The quantitative estimate of drug-likeness (QED) is 0.725. The van der Waals surface area contributed by atoms with Gasteiger partial charge in [-0.3, -0.25) is 14.3 Å². The van der Waals surface area contributed by atoms with E-state index < -0.39 is 18.0 Å². The maximum absolute atomic E-state index is 13.1. The molecule has 3 atom stereocenters. The molecule has 0 spiro atoms. The molecule has 2 aromatic heterocycles. The zero-order valence-corrected chi connectivity index (χ0v) is 15.4. The van der Waals surface area contributed by atoms with Gasteiger partial charge in [-0.1, -0.05) is 0 Å². The Balaban J connectivity index is 1.77. The number of carbonyl (C=O) groups is 1. The third kappa shape index (κ3) is 3.46. The van der Waals surface area contributed by atoms with Crippen LogP contribution in [0.2, 0.25) is 0 Å². The number of hydrogen-bond acceptors (Lipinski definition) is 4. The second-order valence-electron chi connectivity index (χ2n) is 6.41. The maximum atomic E-state index is 13.1. The summed E-state index contributed by atoms with van der Waals surface area (Å²) in [6.45, 7) is 3.96. The number of halogens is 2. The SMILES string of the molecule is CON(C(=O)c1cn(C)nc1C(F)F)C(C)C1CC1c1ccc(C)s1. The van der Waals surface area contributed by atoms with E-state index in [1.807, 2.05) is 6.92 Å². The number of hydroxylamine groups is 2. The lowest BCUT2D eigenvalue weighted by molar-refractivity contribution is -0.124. The number of aromatic nitrogens is 2. The molecule has 1 fully saturated rings. The van der Waals surface area contributed by atoms with Crippen molar-refractivity contribution in [2.75, 3.05) is 7.11 Å². The third-order valence-corrected chi connectivity index (χ3v) is 5.78. The van der Waals surface area contributed by atoms with Crippen LogP contribution < -0.4 is 0 Å². The minimum Gasteiger partial charge on any atom is -0.275 e. The first-order valence-electron chi connectivity index (χ1n) is 8.09. The monoisotopic (exact) mass is 369 g/mol. The van der Waals surface area contributed by atoms with Crippen molar-refractivity contribution in [3.05, 3.63) is 39.3 Å². The summed E-state index contributed by atoms with van der Waals surface area (Å²) in [7, 11) is 2.90. The second kappa shape index (κ2) is 6.84. The lowest BCUT2D eigenvalue weighted by Gasteiger charge is -2.26. The molecule has 0 aliphatic heterocycles. The van der Waals surface area contributed by atoms with Gasteiger partial charge >= 0.3 is 0 Å². The summed E-state index contributed by atoms with van der Waals surface area (Å²) < 4.78 is 27.5. The lowest BCUT2D eigenvalue weighted by Crippen LogP contribution is -2.39. The molecule has 3 rings (SSSR count). The van der Waals surface area contributed by atoms with Crippen molar-refractivity contribution in [3.63, 3.8) is 0 Å². The van der Waals surface area contributed by atoms with Crippen molar-refractivity contribution in [1.82, 2.24) is 14.8 Å². The van der Waals surface area contributed by atoms with E-state index >= 15 is 0 Å². The van der Waals surface area contributed by atoms with Gasteiger partial charge in [-0.2, -0.15) is 5.10 Å². The van der Waals surface area contributed by atoms with E-state index in [4.69, 9.17) is 4.84 Å². The van der Waals surface area contributed by atoms with Crippen LogP contribution in [0.5, 0.6) is 0 Å². The predicted molar refractivity (Wildman–Crippen MR) is 90.7 cm³/mol. The predicted octanol–water partition coefficient (Wildman–Crippen LogP) is 3.92. The molecule has 2 aromatic rings. The number of hydrogen-bond donors (Lipinski definition) is 0. The Morgan fingerprint density at radius 1 is 1.48 bits per heavy atom. The fourth-order valence-corrected chi connectivity index (χ4v) is 4.35. The Hall–Kier alpha value is -1.80. The first kappa shape index (κ1) is 18.0. The zero-order chi connectivity index (χ0) is 18.3. The number of thiophene rings is 1. The summed E-state index contributed by atoms with van der Waals surface area (Å²) in [6, 6.07) is 3.99. The van der Waals surface area contributed by atoms with Gasteiger partial charge in [-0.05, 0) is 44.2 Å². The van der Waals surface area contributed by atoms with Crippen LogP contribution in [0, 0.1) is 12.8 Å². The Morgan fingerprint density at radius 3 is 2.76 bits per heavy atom. The van der Waals surface area contributed by atoms with Crippen LogP contribution in [-0.4, -0.2) is 33.9 Å². The molecule has 0 radical (unpaired) electrons. The summed E-state index contributed by atoms with van der Waals surface area (Å²) >= 11 is 1.76. The first-order valence-corrected chi connectivity index (χ1v) is 8.90. The van der Waals surface area contributed by atoms with Gasteiger partial charge in [-0.25, -0.2) is 13.8 Å². The van der Waals surface area contributed by atoms with Gasteiger partial charge in [0.05, 0.1) is 18.7 Å². The number of alkyl halides is 2. The molecule has 5 nitrogen and oxygen atoms in total. The van der Waals surface area contributed by atoms with Gasteiger partial charge in [-0.15, -0.1) is 11.3 Å². The summed E-state index contributed by atoms with van der Waals surface area (Å²) in [6.07, 6.45) is -0.532. The topological polar surface area (TPSA) is 47.4 Å². The van der Waals surface area contributed by atoms with E-state index in [2.05, 4.69) is 24.2 Å². The van der Waals surface area contributed by atoms with E-state index in [0.29, 0.717) is 5.92 Å². The molecule has 0 aromatic carbocycles. The highest BCUT2D eigenvalue weighted by molar-refractivity contribution is 7.12.